The highest BCUT2D eigenvalue weighted by Crippen LogP contribution is 2.26. The summed E-state index contributed by atoms with van der Waals surface area (Å²) in [6.07, 6.45) is 2.53. The molecule has 20 heavy (non-hydrogen) atoms. The van der Waals surface area contributed by atoms with Crippen molar-refractivity contribution < 1.29 is 4.79 Å². The summed E-state index contributed by atoms with van der Waals surface area (Å²) in [5, 5.41) is 4.27. The predicted octanol–water partition coefficient (Wildman–Crippen LogP) is 3.20. The highest BCUT2D eigenvalue weighted by molar-refractivity contribution is 6.32. The van der Waals surface area contributed by atoms with Gasteiger partial charge in [0.1, 0.15) is 0 Å². The van der Waals surface area contributed by atoms with Crippen molar-refractivity contribution in [3.05, 3.63) is 35.5 Å². The quantitative estimate of drug-likeness (QED) is 0.909. The fraction of sp³-hybridized carbons (Fsp3) is 0.333. The van der Waals surface area contributed by atoms with E-state index in [4.69, 9.17) is 17.3 Å². The number of amides is 1. The lowest BCUT2D eigenvalue weighted by molar-refractivity contribution is -0.118. The first-order valence-corrected chi connectivity index (χ1v) is 7.01. The number of aromatic nitrogens is 1. The van der Waals surface area contributed by atoms with Crippen LogP contribution in [0.4, 0.5) is 5.69 Å². The molecule has 3 N–H and O–H groups in total. The Bertz CT molecular complexity index is 630. The van der Waals surface area contributed by atoms with Crippen LogP contribution in [-0.4, -0.2) is 16.9 Å². The van der Waals surface area contributed by atoms with Crippen LogP contribution in [0.1, 0.15) is 20.3 Å². The molecule has 2 aromatic rings. The number of nitrogens with two attached hydrogens (primary N) is 1. The van der Waals surface area contributed by atoms with Gasteiger partial charge in [-0.2, -0.15) is 0 Å². The number of benzene rings is 1. The molecule has 1 aromatic heterocycles. The molecule has 4 nitrogen and oxygen atoms in total. The number of carbonyl (C=O) groups is 1. The maximum Gasteiger partial charge on any atom is 0.241 e. The monoisotopic (exact) mass is 291 g/mol. The topological polar surface area (TPSA) is 68.0 Å². The fourth-order valence-corrected chi connectivity index (χ4v) is 2.21. The van der Waals surface area contributed by atoms with Gasteiger partial charge in [0.2, 0.25) is 5.91 Å². The fourth-order valence-electron chi connectivity index (χ4n) is 1.98. The first kappa shape index (κ1) is 14.8. The number of fused-ring (bicyclic) bond motifs is 1. The van der Waals surface area contributed by atoms with Crippen molar-refractivity contribution in [2.45, 2.75) is 26.3 Å². The largest absolute Gasteiger partial charge is 0.323 e. The van der Waals surface area contributed by atoms with Gasteiger partial charge < -0.3 is 11.1 Å². The van der Waals surface area contributed by atoms with Gasteiger partial charge in [0.05, 0.1) is 17.2 Å². The second-order valence-electron chi connectivity index (χ2n) is 4.93. The number of anilines is 1. The van der Waals surface area contributed by atoms with Crippen molar-refractivity contribution in [1.29, 1.82) is 0 Å². The van der Waals surface area contributed by atoms with E-state index < -0.39 is 6.04 Å². The minimum absolute atomic E-state index is 0.119. The third-order valence-electron chi connectivity index (χ3n) is 3.49. The zero-order valence-electron chi connectivity index (χ0n) is 11.6. The number of pyridine rings is 1. The highest BCUT2D eigenvalue weighted by atomic mass is 35.5. The van der Waals surface area contributed by atoms with E-state index in [2.05, 4.69) is 10.3 Å². The molecule has 0 radical (unpaired) electrons. The molecule has 2 atom stereocenters. The second kappa shape index (κ2) is 6.20. The third-order valence-corrected chi connectivity index (χ3v) is 3.71. The van der Waals surface area contributed by atoms with Crippen LogP contribution in [0.3, 0.4) is 0 Å². The molecule has 0 bridgehead atoms. The molecule has 0 saturated carbocycles. The molecule has 1 heterocycles. The zero-order chi connectivity index (χ0) is 14.7. The van der Waals surface area contributed by atoms with E-state index in [1.807, 2.05) is 32.0 Å². The molecule has 2 rings (SSSR count). The number of hydrogen-bond donors (Lipinski definition) is 2. The molecular formula is C15H18ClN3O. The zero-order valence-corrected chi connectivity index (χ0v) is 12.3. The van der Waals surface area contributed by atoms with Crippen LogP contribution in [0.5, 0.6) is 0 Å². The molecular weight excluding hydrogens is 274 g/mol. The maximum absolute atomic E-state index is 12.2. The van der Waals surface area contributed by atoms with E-state index in [-0.39, 0.29) is 11.8 Å². The Morgan fingerprint density at radius 3 is 2.95 bits per heavy atom. The Morgan fingerprint density at radius 2 is 2.25 bits per heavy atom. The van der Waals surface area contributed by atoms with Crippen LogP contribution in [0.2, 0.25) is 5.02 Å². The van der Waals surface area contributed by atoms with Gasteiger partial charge in [-0.15, -0.1) is 0 Å². The van der Waals surface area contributed by atoms with E-state index in [0.29, 0.717) is 16.2 Å². The molecule has 0 aliphatic carbocycles. The molecule has 0 unspecified atom stereocenters. The van der Waals surface area contributed by atoms with Gasteiger partial charge in [0.25, 0.3) is 0 Å². The summed E-state index contributed by atoms with van der Waals surface area (Å²) in [7, 11) is 0. The Balaban J connectivity index is 2.32. The van der Waals surface area contributed by atoms with E-state index in [9.17, 15) is 4.79 Å². The number of carbonyl (C=O) groups excluding carboxylic acids is 1. The van der Waals surface area contributed by atoms with Crippen LogP contribution in [0.25, 0.3) is 10.9 Å². The van der Waals surface area contributed by atoms with Crippen LogP contribution in [0, 0.1) is 5.92 Å². The molecule has 106 valence electrons. The molecule has 0 aliphatic rings. The van der Waals surface area contributed by atoms with Crippen LogP contribution < -0.4 is 11.1 Å². The van der Waals surface area contributed by atoms with Gasteiger partial charge in [-0.3, -0.25) is 9.78 Å². The van der Waals surface area contributed by atoms with E-state index in [0.717, 1.165) is 11.8 Å². The van der Waals surface area contributed by atoms with Gasteiger partial charge in [-0.1, -0.05) is 37.9 Å². The van der Waals surface area contributed by atoms with E-state index in [1.165, 1.54) is 0 Å². The van der Waals surface area contributed by atoms with Crippen molar-refractivity contribution >= 4 is 34.1 Å². The smallest absolute Gasteiger partial charge is 0.241 e. The van der Waals surface area contributed by atoms with Gasteiger partial charge >= 0.3 is 0 Å². The minimum Gasteiger partial charge on any atom is -0.323 e. The van der Waals surface area contributed by atoms with Crippen LogP contribution in [-0.2, 0) is 4.79 Å². The first-order valence-electron chi connectivity index (χ1n) is 6.63. The highest BCUT2D eigenvalue weighted by Gasteiger charge is 2.20. The van der Waals surface area contributed by atoms with Crippen molar-refractivity contribution in [2.24, 2.45) is 11.7 Å². The minimum atomic E-state index is -0.544. The summed E-state index contributed by atoms with van der Waals surface area (Å²) in [6.45, 7) is 3.97. The summed E-state index contributed by atoms with van der Waals surface area (Å²) in [6, 6.07) is 6.69. The molecule has 0 fully saturated rings. The second-order valence-corrected chi connectivity index (χ2v) is 5.37. The summed E-state index contributed by atoms with van der Waals surface area (Å²) in [4.78, 5) is 16.4. The Hall–Kier alpha value is -1.65. The SMILES string of the molecule is CC[C@H](C)[C@H](N)C(=O)Nc1cc(Cl)cc2cccnc12. The summed E-state index contributed by atoms with van der Waals surface area (Å²) >= 11 is 6.07. The normalized spacial score (nSPS) is 14.0. The van der Waals surface area contributed by atoms with E-state index in [1.54, 1.807) is 12.3 Å². The Morgan fingerprint density at radius 1 is 1.50 bits per heavy atom. The summed E-state index contributed by atoms with van der Waals surface area (Å²) in [5.41, 5.74) is 7.24. The lowest BCUT2D eigenvalue weighted by Crippen LogP contribution is -2.40. The summed E-state index contributed by atoms with van der Waals surface area (Å²) in [5.74, 6) is -0.0954. The molecule has 1 amide bonds. The van der Waals surface area contributed by atoms with Crippen LogP contribution >= 0.6 is 11.6 Å². The standard InChI is InChI=1S/C15H18ClN3O/c1-3-9(2)13(17)15(20)19-12-8-11(16)7-10-5-4-6-18-14(10)12/h4-9,13H,3,17H2,1-2H3,(H,19,20)/t9-,13-/m0/s1. The average molecular weight is 292 g/mol. The number of hydrogen-bond acceptors (Lipinski definition) is 3. The van der Waals surface area contributed by atoms with Crippen molar-refractivity contribution in [3.63, 3.8) is 0 Å². The summed E-state index contributed by atoms with van der Waals surface area (Å²) < 4.78 is 0. The predicted molar refractivity (Wildman–Crippen MR) is 82.8 cm³/mol. The van der Waals surface area contributed by atoms with Crippen molar-refractivity contribution in [3.8, 4) is 0 Å². The lowest BCUT2D eigenvalue weighted by Gasteiger charge is -2.18. The molecule has 0 aliphatic heterocycles. The maximum atomic E-state index is 12.2. The molecule has 5 heteroatoms. The van der Waals surface area contributed by atoms with Gasteiger partial charge in [0.15, 0.2) is 0 Å². The van der Waals surface area contributed by atoms with Crippen molar-refractivity contribution in [1.82, 2.24) is 4.98 Å². The van der Waals surface area contributed by atoms with Gasteiger partial charge in [-0.05, 0) is 24.1 Å². The van der Waals surface area contributed by atoms with Gasteiger partial charge in [0, 0.05) is 16.6 Å². The third kappa shape index (κ3) is 3.08. The number of nitrogens with zero attached hydrogens (tertiary/aromatic N) is 1. The average Bonchev–Trinajstić information content (AvgIpc) is 2.45. The number of halogens is 1. The number of rotatable bonds is 4. The lowest BCUT2D eigenvalue weighted by atomic mass is 9.99. The molecule has 0 saturated heterocycles. The van der Waals surface area contributed by atoms with Crippen LogP contribution in [0.15, 0.2) is 30.5 Å². The molecule has 0 spiro atoms. The Labute approximate surface area is 123 Å². The van der Waals surface area contributed by atoms with Crippen molar-refractivity contribution in [2.75, 3.05) is 5.32 Å². The Kier molecular flexibility index (Phi) is 4.57. The molecule has 1 aromatic carbocycles. The first-order chi connectivity index (χ1) is 9.52. The number of nitrogens with one attached hydrogen (secondary N) is 1. The van der Waals surface area contributed by atoms with E-state index >= 15 is 0 Å². The van der Waals surface area contributed by atoms with Gasteiger partial charge in [-0.25, -0.2) is 0 Å².